The van der Waals surface area contributed by atoms with Crippen molar-refractivity contribution in [3.63, 3.8) is 0 Å². The van der Waals surface area contributed by atoms with Crippen LogP contribution in [0, 0.1) is 13.8 Å². The molecule has 3 rings (SSSR count). The maximum Gasteiger partial charge on any atom is 0.264 e. The second-order valence-electron chi connectivity index (χ2n) is 9.83. The molecule has 0 saturated carbocycles. The van der Waals surface area contributed by atoms with Crippen molar-refractivity contribution < 1.29 is 18.0 Å². The molecule has 0 heterocycles. The largest absolute Gasteiger partial charge is 0.354 e. The zero-order chi connectivity index (χ0) is 29.3. The summed E-state index contributed by atoms with van der Waals surface area (Å²) < 4.78 is 29.0. The normalized spacial score (nSPS) is 12.0. The zero-order valence-corrected chi connectivity index (χ0v) is 25.1. The van der Waals surface area contributed by atoms with Crippen LogP contribution in [-0.2, 0) is 26.2 Å². The molecule has 0 bridgehead atoms. The molecule has 1 atom stereocenters. The Balaban J connectivity index is 2.06. The number of halogens is 1. The van der Waals surface area contributed by atoms with Crippen LogP contribution < -0.4 is 9.62 Å². The fourth-order valence-electron chi connectivity index (χ4n) is 4.40. The first-order valence-electron chi connectivity index (χ1n) is 13.5. The van der Waals surface area contributed by atoms with E-state index in [9.17, 15) is 18.0 Å². The molecular formula is C31H38ClN3O4S. The third kappa shape index (κ3) is 7.86. The average Bonchev–Trinajstić information content (AvgIpc) is 2.94. The standard InChI is InChI=1S/C31H38ClN3O4S/c1-5-7-19-33-31(37)28(6-2)34(21-25-16-13-23(3)14-17-25)30(36)22-35(29-20-26(32)18-15-24(29)4)40(38,39)27-11-9-8-10-12-27/h8-18,20,28H,5-7,19,21-22H2,1-4H3,(H,33,37). The summed E-state index contributed by atoms with van der Waals surface area (Å²) in [5.74, 6) is -0.746. The van der Waals surface area contributed by atoms with Gasteiger partial charge in [-0.25, -0.2) is 8.42 Å². The lowest BCUT2D eigenvalue weighted by molar-refractivity contribution is -0.140. The van der Waals surface area contributed by atoms with Crippen molar-refractivity contribution in [1.29, 1.82) is 0 Å². The van der Waals surface area contributed by atoms with Crippen LogP contribution in [0.15, 0.2) is 77.7 Å². The lowest BCUT2D eigenvalue weighted by Crippen LogP contribution is -2.52. The van der Waals surface area contributed by atoms with E-state index in [1.165, 1.54) is 17.0 Å². The highest BCUT2D eigenvalue weighted by Gasteiger charge is 2.34. The number of anilines is 1. The molecule has 0 fully saturated rings. The number of hydrogen-bond acceptors (Lipinski definition) is 4. The number of carbonyl (C=O) groups is 2. The molecule has 1 N–H and O–H groups in total. The molecule has 3 aromatic rings. The number of carbonyl (C=O) groups excluding carboxylic acids is 2. The first-order valence-corrected chi connectivity index (χ1v) is 15.4. The zero-order valence-electron chi connectivity index (χ0n) is 23.6. The maximum absolute atomic E-state index is 14.1. The molecule has 0 aliphatic heterocycles. The van der Waals surface area contributed by atoms with Crippen molar-refractivity contribution in [2.75, 3.05) is 17.4 Å². The molecule has 0 aromatic heterocycles. The summed E-state index contributed by atoms with van der Waals surface area (Å²) in [4.78, 5) is 28.9. The van der Waals surface area contributed by atoms with E-state index < -0.39 is 28.5 Å². The van der Waals surface area contributed by atoms with Crippen molar-refractivity contribution in [3.05, 3.63) is 94.5 Å². The van der Waals surface area contributed by atoms with Gasteiger partial charge in [0, 0.05) is 18.1 Å². The average molecular weight is 584 g/mol. The van der Waals surface area contributed by atoms with E-state index in [0.717, 1.165) is 28.3 Å². The van der Waals surface area contributed by atoms with Crippen molar-refractivity contribution in [2.45, 2.75) is 64.4 Å². The summed E-state index contributed by atoms with van der Waals surface area (Å²) in [5.41, 5.74) is 2.87. The monoisotopic (exact) mass is 583 g/mol. The van der Waals surface area contributed by atoms with Gasteiger partial charge in [-0.05, 0) is 62.1 Å². The van der Waals surface area contributed by atoms with Gasteiger partial charge in [0.2, 0.25) is 11.8 Å². The highest BCUT2D eigenvalue weighted by atomic mass is 35.5. The number of rotatable bonds is 13. The summed E-state index contributed by atoms with van der Waals surface area (Å²) in [7, 11) is -4.14. The fraction of sp³-hybridized carbons (Fsp3) is 0.355. The van der Waals surface area contributed by atoms with Crippen LogP contribution in [0.3, 0.4) is 0 Å². The van der Waals surface area contributed by atoms with Crippen molar-refractivity contribution in [3.8, 4) is 0 Å². The molecule has 7 nitrogen and oxygen atoms in total. The Morgan fingerprint density at radius 1 is 0.950 bits per heavy atom. The Bertz CT molecular complexity index is 1400. The van der Waals surface area contributed by atoms with Gasteiger partial charge in [0.05, 0.1) is 10.6 Å². The Kier molecular flexibility index (Phi) is 11.2. The number of nitrogens with one attached hydrogen (secondary N) is 1. The molecule has 2 amide bonds. The van der Waals surface area contributed by atoms with Crippen LogP contribution in [-0.4, -0.2) is 44.3 Å². The van der Waals surface area contributed by atoms with Gasteiger partial charge in [-0.1, -0.05) is 86.0 Å². The van der Waals surface area contributed by atoms with Gasteiger partial charge in [-0.2, -0.15) is 0 Å². The smallest absolute Gasteiger partial charge is 0.264 e. The van der Waals surface area contributed by atoms with Crippen LogP contribution in [0.25, 0.3) is 0 Å². The maximum atomic E-state index is 14.1. The Morgan fingerprint density at radius 2 is 1.62 bits per heavy atom. The molecule has 0 aliphatic rings. The van der Waals surface area contributed by atoms with E-state index in [2.05, 4.69) is 5.32 Å². The van der Waals surface area contributed by atoms with E-state index in [0.29, 0.717) is 29.2 Å². The third-order valence-corrected chi connectivity index (χ3v) is 8.75. The van der Waals surface area contributed by atoms with Gasteiger partial charge in [0.15, 0.2) is 0 Å². The molecule has 1 unspecified atom stereocenters. The van der Waals surface area contributed by atoms with Crippen LogP contribution in [0.5, 0.6) is 0 Å². The van der Waals surface area contributed by atoms with Gasteiger partial charge in [0.1, 0.15) is 12.6 Å². The van der Waals surface area contributed by atoms with E-state index in [-0.39, 0.29) is 17.3 Å². The molecule has 0 aliphatic carbocycles. The minimum Gasteiger partial charge on any atom is -0.354 e. The first-order chi connectivity index (χ1) is 19.1. The van der Waals surface area contributed by atoms with Gasteiger partial charge >= 0.3 is 0 Å². The highest BCUT2D eigenvalue weighted by Crippen LogP contribution is 2.30. The molecule has 40 heavy (non-hydrogen) atoms. The van der Waals surface area contributed by atoms with Gasteiger partial charge in [-0.15, -0.1) is 0 Å². The van der Waals surface area contributed by atoms with Gasteiger partial charge < -0.3 is 10.2 Å². The number of unbranched alkanes of at least 4 members (excludes halogenated alkanes) is 1. The molecule has 214 valence electrons. The topological polar surface area (TPSA) is 86.8 Å². The Labute approximate surface area is 243 Å². The molecule has 0 saturated heterocycles. The van der Waals surface area contributed by atoms with Crippen molar-refractivity contribution in [1.82, 2.24) is 10.2 Å². The first kappa shape index (κ1) is 31.2. The number of nitrogens with zero attached hydrogens (tertiary/aromatic N) is 2. The molecule has 9 heteroatoms. The second-order valence-corrected chi connectivity index (χ2v) is 12.1. The fourth-order valence-corrected chi connectivity index (χ4v) is 6.06. The number of benzene rings is 3. The summed E-state index contributed by atoms with van der Waals surface area (Å²) in [5, 5.41) is 3.29. The lowest BCUT2D eigenvalue weighted by atomic mass is 10.1. The minimum atomic E-state index is -4.14. The minimum absolute atomic E-state index is 0.0524. The number of amides is 2. The van der Waals surface area contributed by atoms with Crippen LogP contribution in [0.2, 0.25) is 5.02 Å². The number of sulfonamides is 1. The molecule has 0 radical (unpaired) electrons. The van der Waals surface area contributed by atoms with Crippen LogP contribution in [0.4, 0.5) is 5.69 Å². The van der Waals surface area contributed by atoms with E-state index >= 15 is 0 Å². The molecule has 3 aromatic carbocycles. The van der Waals surface area contributed by atoms with Crippen LogP contribution in [0.1, 0.15) is 49.8 Å². The van der Waals surface area contributed by atoms with Crippen molar-refractivity contribution in [2.24, 2.45) is 0 Å². The predicted molar refractivity (Wildman–Crippen MR) is 161 cm³/mol. The van der Waals surface area contributed by atoms with Crippen LogP contribution >= 0.6 is 11.6 Å². The second kappa shape index (κ2) is 14.3. The van der Waals surface area contributed by atoms with E-state index in [4.69, 9.17) is 11.6 Å². The molecular weight excluding hydrogens is 546 g/mol. The van der Waals surface area contributed by atoms with Gasteiger partial charge in [-0.3, -0.25) is 13.9 Å². The SMILES string of the molecule is CCCCNC(=O)C(CC)N(Cc1ccc(C)cc1)C(=O)CN(c1cc(Cl)ccc1C)S(=O)(=O)c1ccccc1. The number of hydrogen-bond donors (Lipinski definition) is 1. The summed E-state index contributed by atoms with van der Waals surface area (Å²) in [6.45, 7) is 7.80. The highest BCUT2D eigenvalue weighted by molar-refractivity contribution is 7.92. The quantitative estimate of drug-likeness (QED) is 0.255. The van der Waals surface area contributed by atoms with Crippen molar-refractivity contribution >= 4 is 39.1 Å². The third-order valence-electron chi connectivity index (χ3n) is 6.74. The summed E-state index contributed by atoms with van der Waals surface area (Å²) in [6, 6.07) is 19.9. The number of aryl methyl sites for hydroxylation is 2. The lowest BCUT2D eigenvalue weighted by Gasteiger charge is -2.33. The van der Waals surface area contributed by atoms with E-state index in [1.807, 2.05) is 45.0 Å². The Morgan fingerprint density at radius 3 is 2.25 bits per heavy atom. The predicted octanol–water partition coefficient (Wildman–Crippen LogP) is 5.88. The summed E-state index contributed by atoms with van der Waals surface area (Å²) >= 11 is 6.28. The van der Waals surface area contributed by atoms with Gasteiger partial charge in [0.25, 0.3) is 10.0 Å². The Hall–Kier alpha value is -3.36. The van der Waals surface area contributed by atoms with E-state index in [1.54, 1.807) is 43.3 Å². The molecule has 0 spiro atoms. The summed E-state index contributed by atoms with van der Waals surface area (Å²) in [6.07, 6.45) is 2.12.